The van der Waals surface area contributed by atoms with Crippen LogP contribution in [0.1, 0.15) is 25.1 Å². The van der Waals surface area contributed by atoms with Gasteiger partial charge in [0.2, 0.25) is 0 Å². The molecule has 0 aliphatic heterocycles. The van der Waals surface area contributed by atoms with Crippen molar-refractivity contribution in [2.24, 2.45) is 7.05 Å². The Labute approximate surface area is 194 Å². The van der Waals surface area contributed by atoms with Crippen molar-refractivity contribution < 1.29 is 19.3 Å². The Balaban J connectivity index is 1.69. The van der Waals surface area contributed by atoms with Crippen LogP contribution in [0.4, 0.5) is 0 Å². The molecule has 2 aromatic carbocycles. The van der Waals surface area contributed by atoms with Crippen LogP contribution in [0, 0.1) is 0 Å². The van der Waals surface area contributed by atoms with Gasteiger partial charge in [-0.2, -0.15) is 0 Å². The number of aromatic nitrogens is 1. The molecule has 178 valence electrons. The molecule has 33 heavy (non-hydrogen) atoms. The summed E-state index contributed by atoms with van der Waals surface area (Å²) in [4.78, 5) is 12.8. The van der Waals surface area contributed by atoms with E-state index in [0.29, 0.717) is 41.6 Å². The van der Waals surface area contributed by atoms with Crippen molar-refractivity contribution in [2.45, 2.75) is 38.8 Å². The first-order valence-corrected chi connectivity index (χ1v) is 11.2. The van der Waals surface area contributed by atoms with Gasteiger partial charge in [0.1, 0.15) is 18.5 Å². The fourth-order valence-electron chi connectivity index (χ4n) is 3.68. The van der Waals surface area contributed by atoms with Crippen LogP contribution in [0.25, 0.3) is 10.8 Å². The zero-order chi connectivity index (χ0) is 24.0. The van der Waals surface area contributed by atoms with Gasteiger partial charge in [-0.3, -0.25) is 4.79 Å². The normalized spacial score (nSPS) is 12.2. The summed E-state index contributed by atoms with van der Waals surface area (Å²) in [7, 11) is 4.99. The molecule has 1 atom stereocenters. The predicted octanol–water partition coefficient (Wildman–Crippen LogP) is 3.08. The third kappa shape index (κ3) is 6.27. The number of rotatable bonds is 11. The number of nitrogens with zero attached hydrogens (tertiary/aromatic N) is 1. The second kappa shape index (κ2) is 11.2. The van der Waals surface area contributed by atoms with Crippen molar-refractivity contribution >= 4 is 10.8 Å². The van der Waals surface area contributed by atoms with E-state index in [2.05, 4.69) is 11.4 Å². The van der Waals surface area contributed by atoms with Gasteiger partial charge >= 0.3 is 0 Å². The lowest BCUT2D eigenvalue weighted by molar-refractivity contribution is 0.103. The number of aliphatic hydroxyl groups excluding tert-OH is 1. The van der Waals surface area contributed by atoms with Crippen LogP contribution in [-0.2, 0) is 19.9 Å². The van der Waals surface area contributed by atoms with E-state index in [1.807, 2.05) is 44.2 Å². The molecule has 0 aliphatic rings. The van der Waals surface area contributed by atoms with Crippen molar-refractivity contribution in [1.82, 2.24) is 9.88 Å². The lowest BCUT2D eigenvalue weighted by Gasteiger charge is -2.17. The Bertz CT molecular complexity index is 1140. The molecule has 1 aromatic heterocycles. The van der Waals surface area contributed by atoms with Gasteiger partial charge in [-0.1, -0.05) is 26.0 Å². The van der Waals surface area contributed by atoms with E-state index in [1.54, 1.807) is 31.9 Å². The Kier molecular flexibility index (Phi) is 8.36. The number of aliphatic hydroxyl groups is 1. The first-order chi connectivity index (χ1) is 15.8. The van der Waals surface area contributed by atoms with Gasteiger partial charge in [0.25, 0.3) is 5.56 Å². The maximum absolute atomic E-state index is 12.8. The molecule has 7 nitrogen and oxygen atoms in total. The third-order valence-corrected chi connectivity index (χ3v) is 5.64. The monoisotopic (exact) mass is 454 g/mol. The Hall–Kier alpha value is -3.03. The summed E-state index contributed by atoms with van der Waals surface area (Å²) in [6, 6.07) is 13.7. The minimum absolute atomic E-state index is 0.0340. The molecule has 0 bridgehead atoms. The molecule has 0 radical (unpaired) electrons. The minimum atomic E-state index is -0.606. The highest BCUT2D eigenvalue weighted by Crippen LogP contribution is 2.29. The summed E-state index contributed by atoms with van der Waals surface area (Å²) < 4.78 is 18.2. The summed E-state index contributed by atoms with van der Waals surface area (Å²) in [5, 5.41) is 14.8. The largest absolute Gasteiger partial charge is 0.497 e. The van der Waals surface area contributed by atoms with Gasteiger partial charge in [0.15, 0.2) is 11.5 Å². The molecule has 0 saturated carbocycles. The number of methoxy groups -OCH3 is 2. The lowest BCUT2D eigenvalue weighted by atomic mass is 10.0. The highest BCUT2D eigenvalue weighted by Gasteiger charge is 2.12. The van der Waals surface area contributed by atoms with Crippen molar-refractivity contribution in [1.29, 1.82) is 0 Å². The summed E-state index contributed by atoms with van der Waals surface area (Å²) >= 11 is 0. The third-order valence-electron chi connectivity index (χ3n) is 5.64. The highest BCUT2D eigenvalue weighted by atomic mass is 16.5. The van der Waals surface area contributed by atoms with Crippen LogP contribution in [0.2, 0.25) is 0 Å². The van der Waals surface area contributed by atoms with Crippen LogP contribution < -0.4 is 25.1 Å². The molecule has 0 fully saturated rings. The molecule has 7 heteroatoms. The van der Waals surface area contributed by atoms with Gasteiger partial charge in [-0.05, 0) is 54.1 Å². The van der Waals surface area contributed by atoms with Crippen molar-refractivity contribution in [3.63, 3.8) is 0 Å². The van der Waals surface area contributed by atoms with Crippen LogP contribution in [0.3, 0.4) is 0 Å². The van der Waals surface area contributed by atoms with Crippen LogP contribution in [0.5, 0.6) is 17.2 Å². The molecule has 2 N–H and O–H groups in total. The van der Waals surface area contributed by atoms with Gasteiger partial charge in [-0.25, -0.2) is 0 Å². The first kappa shape index (κ1) is 24.6. The maximum Gasteiger partial charge on any atom is 0.258 e. The predicted molar refractivity (Wildman–Crippen MR) is 131 cm³/mol. The molecule has 3 rings (SSSR count). The summed E-state index contributed by atoms with van der Waals surface area (Å²) in [6.07, 6.45) is 0.842. The number of ether oxygens (including phenoxy) is 3. The van der Waals surface area contributed by atoms with Gasteiger partial charge < -0.3 is 29.2 Å². The fourth-order valence-corrected chi connectivity index (χ4v) is 3.68. The average Bonchev–Trinajstić information content (AvgIpc) is 2.82. The molecular formula is C26H34N2O5. The van der Waals surface area contributed by atoms with E-state index in [-0.39, 0.29) is 12.2 Å². The highest BCUT2D eigenvalue weighted by molar-refractivity contribution is 5.83. The van der Waals surface area contributed by atoms with Crippen LogP contribution in [-0.4, -0.2) is 49.2 Å². The molecular weight excluding hydrogens is 420 g/mol. The van der Waals surface area contributed by atoms with Gasteiger partial charge in [-0.15, -0.1) is 0 Å². The molecule has 0 aliphatic carbocycles. The standard InChI is InChI=1S/C26H34N2O5/c1-17(2)27-15-21(29)16-33-24-11-7-18(12-25(24)32-5)6-9-20-13-19-8-10-22(31-4)14-23(19)26(30)28(20)3/h7-8,10-14,17,21,27,29H,6,9,15-16H2,1-5H3. The van der Waals surface area contributed by atoms with Crippen LogP contribution >= 0.6 is 0 Å². The summed E-state index contributed by atoms with van der Waals surface area (Å²) in [5.74, 6) is 1.89. The SMILES string of the molecule is COc1ccc2cc(CCc3ccc(OCC(O)CNC(C)C)c(OC)c3)n(C)c(=O)c2c1. The molecule has 0 spiro atoms. The van der Waals surface area contributed by atoms with E-state index in [4.69, 9.17) is 14.2 Å². The van der Waals surface area contributed by atoms with E-state index < -0.39 is 6.10 Å². The van der Waals surface area contributed by atoms with E-state index >= 15 is 0 Å². The Morgan fingerprint density at radius 2 is 1.79 bits per heavy atom. The van der Waals surface area contributed by atoms with Crippen molar-refractivity contribution in [3.05, 3.63) is 64.1 Å². The average molecular weight is 455 g/mol. The summed E-state index contributed by atoms with van der Waals surface area (Å²) in [6.45, 7) is 4.71. The first-order valence-electron chi connectivity index (χ1n) is 11.2. The van der Waals surface area contributed by atoms with E-state index in [9.17, 15) is 9.90 Å². The lowest BCUT2D eigenvalue weighted by Crippen LogP contribution is -2.35. The molecule has 1 unspecified atom stereocenters. The van der Waals surface area contributed by atoms with Crippen molar-refractivity contribution in [3.8, 4) is 17.2 Å². The Morgan fingerprint density at radius 3 is 2.48 bits per heavy atom. The number of aryl methyl sites for hydroxylation is 2. The second-order valence-electron chi connectivity index (χ2n) is 8.47. The Morgan fingerprint density at radius 1 is 1.00 bits per heavy atom. The molecule has 0 saturated heterocycles. The number of nitrogens with one attached hydrogen (secondary N) is 1. The second-order valence-corrected chi connectivity index (χ2v) is 8.47. The minimum Gasteiger partial charge on any atom is -0.497 e. The van der Waals surface area contributed by atoms with Gasteiger partial charge in [0, 0.05) is 25.3 Å². The zero-order valence-corrected chi connectivity index (χ0v) is 20.1. The quantitative estimate of drug-likeness (QED) is 0.463. The number of fused-ring (bicyclic) bond motifs is 1. The van der Waals surface area contributed by atoms with E-state index in [1.165, 1.54) is 0 Å². The topological polar surface area (TPSA) is 81.9 Å². The number of hydrogen-bond acceptors (Lipinski definition) is 6. The number of benzene rings is 2. The smallest absolute Gasteiger partial charge is 0.258 e. The molecule has 0 amide bonds. The van der Waals surface area contributed by atoms with E-state index in [0.717, 1.165) is 23.1 Å². The van der Waals surface area contributed by atoms with Crippen molar-refractivity contribution in [2.75, 3.05) is 27.4 Å². The summed E-state index contributed by atoms with van der Waals surface area (Å²) in [5.41, 5.74) is 1.99. The van der Waals surface area contributed by atoms with Crippen LogP contribution in [0.15, 0.2) is 47.3 Å². The zero-order valence-electron chi connectivity index (χ0n) is 20.1. The molecule has 3 aromatic rings. The fraction of sp³-hybridized carbons (Fsp3) is 0.423. The number of pyridine rings is 1. The maximum atomic E-state index is 12.8. The molecule has 1 heterocycles. The number of hydrogen-bond donors (Lipinski definition) is 2. The van der Waals surface area contributed by atoms with Gasteiger partial charge in [0.05, 0.1) is 19.6 Å².